The van der Waals surface area contributed by atoms with Gasteiger partial charge in [-0.2, -0.15) is 4.98 Å². The van der Waals surface area contributed by atoms with Crippen molar-refractivity contribution in [2.45, 2.75) is 24.5 Å². The monoisotopic (exact) mass is 301 g/mol. The molecule has 0 radical (unpaired) electrons. The summed E-state index contributed by atoms with van der Waals surface area (Å²) in [5.41, 5.74) is 4.82. The van der Waals surface area contributed by atoms with Gasteiger partial charge in [-0.1, -0.05) is 0 Å². The molecule has 0 unspecified atom stereocenters. The lowest BCUT2D eigenvalue weighted by Gasteiger charge is -2.22. The van der Waals surface area contributed by atoms with Crippen molar-refractivity contribution in [3.63, 3.8) is 0 Å². The molecule has 1 aliphatic rings. The van der Waals surface area contributed by atoms with Crippen molar-refractivity contribution < 1.29 is 24.4 Å². The summed E-state index contributed by atoms with van der Waals surface area (Å²) in [4.78, 5) is 15.5. The van der Waals surface area contributed by atoms with Crippen LogP contribution in [0.15, 0.2) is 17.1 Å². The summed E-state index contributed by atoms with van der Waals surface area (Å²) >= 11 is 0. The Labute approximate surface area is 120 Å². The molecule has 0 aliphatic carbocycles. The maximum atomic E-state index is 11.9. The molecule has 4 N–H and O–H groups in total. The highest BCUT2D eigenvalue weighted by molar-refractivity contribution is 5.23. The number of methoxy groups -OCH3 is 1. The summed E-state index contributed by atoms with van der Waals surface area (Å²) in [5.74, 6) is 0.0883. The predicted octanol–water partition coefficient (Wildman–Crippen LogP) is -1.89. The van der Waals surface area contributed by atoms with Gasteiger partial charge >= 0.3 is 5.69 Å². The molecule has 2 rings (SSSR count). The Morgan fingerprint density at radius 2 is 2.29 bits per heavy atom. The van der Waals surface area contributed by atoms with Crippen LogP contribution in [-0.4, -0.2) is 65.0 Å². The van der Waals surface area contributed by atoms with Gasteiger partial charge in [0.15, 0.2) is 6.23 Å². The number of nitrogens with zero attached hydrogens (tertiary/aromatic N) is 2. The summed E-state index contributed by atoms with van der Waals surface area (Å²) in [6.45, 7) is 0.154. The van der Waals surface area contributed by atoms with Gasteiger partial charge in [-0.15, -0.1) is 0 Å². The molecule has 9 nitrogen and oxygen atoms in total. The summed E-state index contributed by atoms with van der Waals surface area (Å²) in [6.07, 6.45) is -2.21. The molecule has 1 aromatic rings. The molecule has 1 fully saturated rings. The zero-order valence-corrected chi connectivity index (χ0v) is 11.6. The summed E-state index contributed by atoms with van der Waals surface area (Å²) in [6, 6.07) is 1.44. The third-order valence-electron chi connectivity index (χ3n) is 3.22. The highest BCUT2D eigenvalue weighted by Gasteiger charge is 2.45. The van der Waals surface area contributed by atoms with Gasteiger partial charge in [0.25, 0.3) is 0 Å². The maximum absolute atomic E-state index is 11.9. The van der Waals surface area contributed by atoms with Crippen LogP contribution in [-0.2, 0) is 14.2 Å². The zero-order valence-electron chi connectivity index (χ0n) is 11.6. The Hall–Kier alpha value is -1.52. The van der Waals surface area contributed by atoms with E-state index in [2.05, 4.69) is 4.98 Å². The number of aromatic nitrogens is 2. The zero-order chi connectivity index (χ0) is 15.4. The van der Waals surface area contributed by atoms with E-state index in [4.69, 9.17) is 19.9 Å². The molecule has 0 bridgehead atoms. The molecule has 9 heteroatoms. The van der Waals surface area contributed by atoms with E-state index in [0.29, 0.717) is 6.61 Å². The van der Waals surface area contributed by atoms with Gasteiger partial charge in [-0.25, -0.2) is 4.79 Å². The maximum Gasteiger partial charge on any atom is 0.351 e. The predicted molar refractivity (Wildman–Crippen MR) is 71.5 cm³/mol. The van der Waals surface area contributed by atoms with E-state index in [9.17, 15) is 15.0 Å². The fourth-order valence-electron chi connectivity index (χ4n) is 2.16. The minimum absolute atomic E-state index is 0.0883. The number of rotatable bonds is 6. The summed E-state index contributed by atoms with van der Waals surface area (Å²) < 4.78 is 17.0. The van der Waals surface area contributed by atoms with Crippen molar-refractivity contribution in [2.24, 2.45) is 0 Å². The molecule has 1 aromatic heterocycles. The highest BCUT2D eigenvalue weighted by atomic mass is 16.6. The van der Waals surface area contributed by atoms with Crippen LogP contribution in [0.25, 0.3) is 0 Å². The number of ether oxygens (including phenoxy) is 3. The Morgan fingerprint density at radius 3 is 2.90 bits per heavy atom. The normalized spacial score (nSPS) is 28.9. The lowest BCUT2D eigenvalue weighted by molar-refractivity contribution is -0.0818. The van der Waals surface area contributed by atoms with E-state index in [1.54, 1.807) is 0 Å². The van der Waals surface area contributed by atoms with E-state index in [0.717, 1.165) is 0 Å². The largest absolute Gasteiger partial charge is 0.394 e. The van der Waals surface area contributed by atoms with Crippen LogP contribution in [0.5, 0.6) is 0 Å². The van der Waals surface area contributed by atoms with Crippen LogP contribution < -0.4 is 11.4 Å². The highest BCUT2D eigenvalue weighted by Crippen LogP contribution is 2.30. The van der Waals surface area contributed by atoms with Crippen molar-refractivity contribution in [3.05, 3.63) is 22.7 Å². The number of anilines is 1. The van der Waals surface area contributed by atoms with Gasteiger partial charge in [-0.3, -0.25) is 4.57 Å². The lowest BCUT2D eigenvalue weighted by Crippen LogP contribution is -2.38. The number of aliphatic hydroxyl groups excluding tert-OH is 2. The molecular formula is C12H19N3O6. The van der Waals surface area contributed by atoms with Crippen LogP contribution in [0.4, 0.5) is 5.82 Å². The van der Waals surface area contributed by atoms with Crippen LogP contribution in [0.1, 0.15) is 6.23 Å². The van der Waals surface area contributed by atoms with E-state index < -0.39 is 30.2 Å². The average molecular weight is 301 g/mol. The van der Waals surface area contributed by atoms with E-state index >= 15 is 0 Å². The molecule has 0 saturated carbocycles. The van der Waals surface area contributed by atoms with Gasteiger partial charge in [0.1, 0.15) is 24.1 Å². The lowest BCUT2D eigenvalue weighted by atomic mass is 10.1. The van der Waals surface area contributed by atoms with E-state index in [1.165, 1.54) is 23.9 Å². The SMILES string of the molecule is COCCO[C@@H]1[C@H](O)[C@@H](CO)O[C@@H]1n1ccc(N)nc1=O. The van der Waals surface area contributed by atoms with Crippen molar-refractivity contribution in [1.82, 2.24) is 9.55 Å². The Kier molecular flexibility index (Phi) is 5.26. The van der Waals surface area contributed by atoms with Crippen molar-refractivity contribution in [3.8, 4) is 0 Å². The fourth-order valence-corrected chi connectivity index (χ4v) is 2.16. The van der Waals surface area contributed by atoms with Crippen LogP contribution >= 0.6 is 0 Å². The molecule has 0 spiro atoms. The van der Waals surface area contributed by atoms with E-state index in [-0.39, 0.29) is 19.0 Å². The molecule has 2 heterocycles. The molecule has 118 valence electrons. The minimum atomic E-state index is -1.07. The van der Waals surface area contributed by atoms with Crippen molar-refractivity contribution in [1.29, 1.82) is 0 Å². The first-order valence-corrected chi connectivity index (χ1v) is 6.48. The number of nitrogens with two attached hydrogens (primary N) is 1. The Balaban J connectivity index is 2.23. The Morgan fingerprint density at radius 1 is 1.52 bits per heavy atom. The molecule has 4 atom stereocenters. The number of nitrogen functional groups attached to an aromatic ring is 1. The molecular weight excluding hydrogens is 282 g/mol. The number of aliphatic hydroxyl groups is 2. The van der Waals surface area contributed by atoms with Gasteiger partial charge in [-0.05, 0) is 6.07 Å². The van der Waals surface area contributed by atoms with Crippen LogP contribution in [0.3, 0.4) is 0 Å². The quantitative estimate of drug-likeness (QED) is 0.520. The standard InChI is InChI=1S/C12H19N3O6/c1-19-4-5-20-10-9(17)7(6-16)21-11(10)15-3-2-8(13)14-12(15)18/h2-3,7,9-11,16-17H,4-6H2,1H3,(H2,13,14,18)/t7-,9-,10-,11+/m1/s1. The summed E-state index contributed by atoms with van der Waals surface area (Å²) in [7, 11) is 1.52. The van der Waals surface area contributed by atoms with Crippen LogP contribution in [0, 0.1) is 0 Å². The second-order valence-corrected chi connectivity index (χ2v) is 4.61. The first kappa shape index (κ1) is 15.9. The second-order valence-electron chi connectivity index (χ2n) is 4.61. The van der Waals surface area contributed by atoms with Crippen molar-refractivity contribution >= 4 is 5.82 Å². The van der Waals surface area contributed by atoms with Gasteiger partial charge in [0.2, 0.25) is 0 Å². The van der Waals surface area contributed by atoms with Gasteiger partial charge in [0, 0.05) is 13.3 Å². The third-order valence-corrected chi connectivity index (χ3v) is 3.22. The van der Waals surface area contributed by atoms with Gasteiger partial charge in [0.05, 0.1) is 19.8 Å². The summed E-state index contributed by atoms with van der Waals surface area (Å²) in [5, 5.41) is 19.3. The Bertz CT molecular complexity index is 522. The fraction of sp³-hybridized carbons (Fsp3) is 0.667. The first-order valence-electron chi connectivity index (χ1n) is 6.48. The molecule has 0 amide bonds. The second kappa shape index (κ2) is 6.96. The first-order chi connectivity index (χ1) is 10.1. The average Bonchev–Trinajstić information content (AvgIpc) is 2.76. The third kappa shape index (κ3) is 3.39. The number of hydrogen-bond acceptors (Lipinski definition) is 8. The van der Waals surface area contributed by atoms with Gasteiger partial charge < -0.3 is 30.2 Å². The smallest absolute Gasteiger partial charge is 0.351 e. The number of hydrogen-bond donors (Lipinski definition) is 3. The molecule has 21 heavy (non-hydrogen) atoms. The topological polar surface area (TPSA) is 129 Å². The molecule has 1 aliphatic heterocycles. The van der Waals surface area contributed by atoms with Crippen molar-refractivity contribution in [2.75, 3.05) is 32.7 Å². The minimum Gasteiger partial charge on any atom is -0.394 e. The van der Waals surface area contributed by atoms with E-state index in [1.807, 2.05) is 0 Å². The van der Waals surface area contributed by atoms with Crippen LogP contribution in [0.2, 0.25) is 0 Å². The molecule has 0 aromatic carbocycles. The molecule has 1 saturated heterocycles.